The lowest BCUT2D eigenvalue weighted by molar-refractivity contribution is 0.370. The number of fused-ring (bicyclic) bond motifs is 1. The molecule has 0 saturated carbocycles. The molecule has 0 radical (unpaired) electrons. The maximum Gasteiger partial charge on any atom is 0.157 e. The fourth-order valence-electron chi connectivity index (χ4n) is 2.26. The van der Waals surface area contributed by atoms with Crippen LogP contribution in [0.2, 0.25) is 0 Å². The van der Waals surface area contributed by atoms with E-state index in [0.29, 0.717) is 0 Å². The van der Waals surface area contributed by atoms with Gasteiger partial charge in [-0.25, -0.2) is 0 Å². The van der Waals surface area contributed by atoms with E-state index in [9.17, 15) is 10.2 Å². The molecular weight excluding hydrogens is 228 g/mol. The number of phenolic OH excluding ortho intramolecular Hbond substituents is 2. The Morgan fingerprint density at radius 2 is 1.94 bits per heavy atom. The van der Waals surface area contributed by atoms with Crippen LogP contribution in [0.25, 0.3) is 0 Å². The van der Waals surface area contributed by atoms with E-state index in [-0.39, 0.29) is 23.1 Å². The van der Waals surface area contributed by atoms with Crippen molar-refractivity contribution in [1.82, 2.24) is 10.6 Å². The minimum Gasteiger partial charge on any atom is -0.504 e. The lowest BCUT2D eigenvalue weighted by atomic mass is 9.93. The van der Waals surface area contributed by atoms with Crippen LogP contribution >= 0.6 is 0 Å². The zero-order valence-corrected chi connectivity index (χ0v) is 11.2. The minimum atomic E-state index is -0.0433. The average molecular weight is 250 g/mol. The van der Waals surface area contributed by atoms with E-state index in [2.05, 4.69) is 31.4 Å². The van der Waals surface area contributed by atoms with Gasteiger partial charge in [-0.1, -0.05) is 0 Å². The van der Waals surface area contributed by atoms with Crippen molar-refractivity contribution >= 4 is 0 Å². The first kappa shape index (κ1) is 13.2. The van der Waals surface area contributed by atoms with Crippen LogP contribution in [-0.2, 0) is 6.42 Å². The second-order valence-corrected chi connectivity index (χ2v) is 5.93. The summed E-state index contributed by atoms with van der Waals surface area (Å²) in [5.41, 5.74) is 2.26. The Hall–Kier alpha value is -1.26. The number of hydrogen-bond donors (Lipinski definition) is 4. The molecular formula is C14H22N2O2. The maximum atomic E-state index is 9.62. The number of nitrogens with one attached hydrogen (secondary N) is 2. The van der Waals surface area contributed by atoms with Gasteiger partial charge in [0, 0.05) is 18.1 Å². The molecule has 0 unspecified atom stereocenters. The lowest BCUT2D eigenvalue weighted by Gasteiger charge is -2.30. The van der Waals surface area contributed by atoms with Crippen molar-refractivity contribution in [3.8, 4) is 11.5 Å². The number of hydrogen-bond acceptors (Lipinski definition) is 4. The molecule has 4 N–H and O–H groups in total. The van der Waals surface area contributed by atoms with E-state index in [1.54, 1.807) is 12.1 Å². The summed E-state index contributed by atoms with van der Waals surface area (Å²) in [6, 6.07) is 3.53. The zero-order valence-electron chi connectivity index (χ0n) is 11.2. The Balaban J connectivity index is 2.20. The predicted molar refractivity (Wildman–Crippen MR) is 72.0 cm³/mol. The second-order valence-electron chi connectivity index (χ2n) is 5.93. The monoisotopic (exact) mass is 250 g/mol. The standard InChI is InChI=1S/C14H22N2O2/c1-14(2,3)16-8-11-10-7-13(18)12(17)6-9(10)4-5-15-11/h6-7,11,15-18H,4-5,8H2,1-3H3/t11-/m1/s1. The van der Waals surface area contributed by atoms with Crippen LogP contribution in [-0.4, -0.2) is 28.8 Å². The molecule has 0 spiro atoms. The number of phenols is 2. The first-order valence-corrected chi connectivity index (χ1v) is 6.40. The molecule has 0 saturated heterocycles. The lowest BCUT2D eigenvalue weighted by Crippen LogP contribution is -2.43. The van der Waals surface area contributed by atoms with Gasteiger partial charge in [0.05, 0.1) is 0 Å². The largest absolute Gasteiger partial charge is 0.504 e. The van der Waals surface area contributed by atoms with Crippen molar-refractivity contribution in [1.29, 1.82) is 0 Å². The Kier molecular flexibility index (Phi) is 3.50. The molecule has 0 fully saturated rings. The van der Waals surface area contributed by atoms with Gasteiger partial charge in [0.15, 0.2) is 11.5 Å². The van der Waals surface area contributed by atoms with Gasteiger partial charge in [-0.2, -0.15) is 0 Å². The quantitative estimate of drug-likeness (QED) is 0.603. The zero-order chi connectivity index (χ0) is 13.3. The highest BCUT2D eigenvalue weighted by Crippen LogP contribution is 2.33. The van der Waals surface area contributed by atoms with Crippen molar-refractivity contribution in [2.45, 2.75) is 38.8 Å². The summed E-state index contributed by atoms with van der Waals surface area (Å²) in [5, 5.41) is 26.1. The van der Waals surface area contributed by atoms with Gasteiger partial charge in [-0.15, -0.1) is 0 Å². The van der Waals surface area contributed by atoms with Crippen LogP contribution in [0, 0.1) is 0 Å². The molecule has 1 heterocycles. The average Bonchev–Trinajstić information content (AvgIpc) is 2.27. The van der Waals surface area contributed by atoms with Crippen molar-refractivity contribution in [3.63, 3.8) is 0 Å². The molecule has 100 valence electrons. The van der Waals surface area contributed by atoms with Crippen molar-refractivity contribution in [3.05, 3.63) is 23.3 Å². The third-order valence-electron chi connectivity index (χ3n) is 3.23. The molecule has 0 aliphatic carbocycles. The van der Waals surface area contributed by atoms with Gasteiger partial charge in [0.2, 0.25) is 0 Å². The Morgan fingerprint density at radius 3 is 2.61 bits per heavy atom. The molecule has 1 aromatic rings. The highest BCUT2D eigenvalue weighted by molar-refractivity contribution is 5.47. The van der Waals surface area contributed by atoms with Crippen LogP contribution in [0.1, 0.15) is 37.9 Å². The molecule has 2 rings (SSSR count). The van der Waals surface area contributed by atoms with Crippen LogP contribution in [0.5, 0.6) is 11.5 Å². The van der Waals surface area contributed by atoms with Gasteiger partial charge in [-0.3, -0.25) is 0 Å². The number of rotatable bonds is 2. The first-order valence-electron chi connectivity index (χ1n) is 6.40. The molecule has 0 aromatic heterocycles. The predicted octanol–water partition coefficient (Wildman–Crippen LogP) is 1.67. The van der Waals surface area contributed by atoms with Crippen LogP contribution in [0.3, 0.4) is 0 Å². The molecule has 1 aromatic carbocycles. The highest BCUT2D eigenvalue weighted by Gasteiger charge is 2.23. The first-order chi connectivity index (χ1) is 8.37. The summed E-state index contributed by atoms with van der Waals surface area (Å²) in [6.07, 6.45) is 0.884. The van der Waals surface area contributed by atoms with Gasteiger partial charge >= 0.3 is 0 Å². The van der Waals surface area contributed by atoms with Gasteiger partial charge in [0.25, 0.3) is 0 Å². The summed E-state index contributed by atoms with van der Waals surface area (Å²) < 4.78 is 0. The van der Waals surface area contributed by atoms with Gasteiger partial charge in [-0.05, 0) is 57.0 Å². The van der Waals surface area contributed by atoms with Crippen LogP contribution in [0.15, 0.2) is 12.1 Å². The molecule has 0 amide bonds. The highest BCUT2D eigenvalue weighted by atomic mass is 16.3. The van der Waals surface area contributed by atoms with E-state index in [0.717, 1.165) is 30.6 Å². The summed E-state index contributed by atoms with van der Waals surface area (Å²) in [5.74, 6) is -0.0728. The molecule has 4 heteroatoms. The fraction of sp³-hybridized carbons (Fsp3) is 0.571. The van der Waals surface area contributed by atoms with E-state index in [1.807, 2.05) is 0 Å². The molecule has 1 aliphatic heterocycles. The molecule has 0 bridgehead atoms. The van der Waals surface area contributed by atoms with Gasteiger partial charge in [0.1, 0.15) is 0 Å². The number of benzene rings is 1. The molecule has 18 heavy (non-hydrogen) atoms. The van der Waals surface area contributed by atoms with Gasteiger partial charge < -0.3 is 20.8 Å². The van der Waals surface area contributed by atoms with Crippen molar-refractivity contribution in [2.75, 3.05) is 13.1 Å². The van der Waals surface area contributed by atoms with Crippen LogP contribution in [0.4, 0.5) is 0 Å². The SMILES string of the molecule is CC(C)(C)NC[C@H]1NCCc2cc(O)c(O)cc21. The van der Waals surface area contributed by atoms with Crippen molar-refractivity contribution in [2.24, 2.45) is 0 Å². The second kappa shape index (κ2) is 4.78. The molecule has 1 aliphatic rings. The smallest absolute Gasteiger partial charge is 0.157 e. The summed E-state index contributed by atoms with van der Waals surface area (Å²) in [6.45, 7) is 8.09. The van der Waals surface area contributed by atoms with E-state index < -0.39 is 0 Å². The Labute approximate surface area is 108 Å². The minimum absolute atomic E-state index is 0.0295. The van der Waals surface area contributed by atoms with Crippen molar-refractivity contribution < 1.29 is 10.2 Å². The summed E-state index contributed by atoms with van der Waals surface area (Å²) in [7, 11) is 0. The van der Waals surface area contributed by atoms with E-state index >= 15 is 0 Å². The number of aromatic hydroxyl groups is 2. The fourth-order valence-corrected chi connectivity index (χ4v) is 2.26. The third-order valence-corrected chi connectivity index (χ3v) is 3.23. The van der Waals surface area contributed by atoms with E-state index in [4.69, 9.17) is 0 Å². The maximum absolute atomic E-state index is 9.62. The molecule has 1 atom stereocenters. The van der Waals surface area contributed by atoms with Crippen LogP contribution < -0.4 is 10.6 Å². The van der Waals surface area contributed by atoms with E-state index in [1.165, 1.54) is 0 Å². The third kappa shape index (κ3) is 2.94. The summed E-state index contributed by atoms with van der Waals surface area (Å²) >= 11 is 0. The summed E-state index contributed by atoms with van der Waals surface area (Å²) in [4.78, 5) is 0. The molecule has 4 nitrogen and oxygen atoms in total. The topological polar surface area (TPSA) is 64.5 Å². The normalized spacial score (nSPS) is 19.6. The Morgan fingerprint density at radius 1 is 1.28 bits per heavy atom. The Bertz CT molecular complexity index is 438.